The maximum Gasteiger partial charge on any atom is 0.243 e. The van der Waals surface area contributed by atoms with Crippen LogP contribution >= 0.6 is 0 Å². The van der Waals surface area contributed by atoms with Crippen LogP contribution in [0.15, 0.2) is 29.2 Å². The number of aryl methyl sites for hydroxylation is 1. The van der Waals surface area contributed by atoms with Gasteiger partial charge < -0.3 is 10.1 Å². The highest BCUT2D eigenvalue weighted by Gasteiger charge is 2.25. The zero-order valence-electron chi connectivity index (χ0n) is 14.9. The third-order valence-electron chi connectivity index (χ3n) is 4.29. The molecule has 0 atom stereocenters. The molecule has 1 aliphatic heterocycles. The largest absolute Gasteiger partial charge is 0.380 e. The molecule has 2 rings (SSSR count). The van der Waals surface area contributed by atoms with Gasteiger partial charge in [-0.2, -0.15) is 4.31 Å². The summed E-state index contributed by atoms with van der Waals surface area (Å²) in [4.78, 5) is 12.1. The predicted molar refractivity (Wildman–Crippen MR) is 96.9 cm³/mol. The molecule has 0 aromatic heterocycles. The van der Waals surface area contributed by atoms with Crippen LogP contribution in [0.2, 0.25) is 0 Å². The van der Waals surface area contributed by atoms with E-state index in [0.29, 0.717) is 50.6 Å². The van der Waals surface area contributed by atoms with E-state index >= 15 is 0 Å². The van der Waals surface area contributed by atoms with Gasteiger partial charge in [0.2, 0.25) is 15.9 Å². The Labute approximate surface area is 150 Å². The van der Waals surface area contributed by atoms with Gasteiger partial charge in [0.15, 0.2) is 0 Å². The Bertz CT molecular complexity index is 638. The number of sulfonamides is 1. The van der Waals surface area contributed by atoms with Crippen molar-refractivity contribution in [3.8, 4) is 0 Å². The number of hydrogen-bond acceptors (Lipinski definition) is 4. The molecule has 7 heteroatoms. The molecule has 0 aliphatic carbocycles. The van der Waals surface area contributed by atoms with Crippen molar-refractivity contribution in [2.45, 2.75) is 43.9 Å². The monoisotopic (exact) mass is 368 g/mol. The van der Waals surface area contributed by atoms with Crippen LogP contribution in [0.3, 0.4) is 0 Å². The third kappa shape index (κ3) is 6.09. The summed E-state index contributed by atoms with van der Waals surface area (Å²) in [6.07, 6.45) is 3.91. The molecule has 1 saturated heterocycles. The van der Waals surface area contributed by atoms with Crippen LogP contribution in [0.25, 0.3) is 0 Å². The van der Waals surface area contributed by atoms with Crippen LogP contribution in [0, 0.1) is 0 Å². The van der Waals surface area contributed by atoms with Crippen molar-refractivity contribution in [2.75, 3.05) is 32.8 Å². The lowest BCUT2D eigenvalue weighted by molar-refractivity contribution is -0.121. The smallest absolute Gasteiger partial charge is 0.243 e. The average Bonchev–Trinajstić information content (AvgIpc) is 2.64. The van der Waals surface area contributed by atoms with Crippen LogP contribution in [-0.4, -0.2) is 51.5 Å². The molecule has 0 unspecified atom stereocenters. The number of hydrogen-bond donors (Lipinski definition) is 1. The van der Waals surface area contributed by atoms with Crippen LogP contribution in [0.1, 0.15) is 38.2 Å². The maximum absolute atomic E-state index is 12.6. The Balaban J connectivity index is 1.84. The van der Waals surface area contributed by atoms with E-state index in [1.54, 1.807) is 28.6 Å². The van der Waals surface area contributed by atoms with E-state index < -0.39 is 10.0 Å². The predicted octanol–water partition coefficient (Wildman–Crippen LogP) is 1.95. The van der Waals surface area contributed by atoms with E-state index in [1.807, 2.05) is 6.92 Å². The lowest BCUT2D eigenvalue weighted by atomic mass is 10.1. The Morgan fingerprint density at radius 1 is 1.16 bits per heavy atom. The van der Waals surface area contributed by atoms with Crippen LogP contribution in [-0.2, 0) is 26.0 Å². The van der Waals surface area contributed by atoms with Gasteiger partial charge in [-0.1, -0.05) is 18.6 Å². The molecule has 1 amide bonds. The first-order chi connectivity index (χ1) is 12.0. The van der Waals surface area contributed by atoms with Gasteiger partial charge in [0.1, 0.15) is 0 Å². The van der Waals surface area contributed by atoms with Crippen molar-refractivity contribution in [1.82, 2.24) is 9.62 Å². The summed E-state index contributed by atoms with van der Waals surface area (Å²) >= 11 is 0. The number of carbonyl (C=O) groups is 1. The van der Waals surface area contributed by atoms with Gasteiger partial charge in [-0.05, 0) is 43.9 Å². The second-order valence-corrected chi connectivity index (χ2v) is 8.09. The molecule has 1 heterocycles. The fraction of sp³-hybridized carbons (Fsp3) is 0.611. The van der Waals surface area contributed by atoms with Gasteiger partial charge in [0.25, 0.3) is 0 Å². The molecule has 0 spiro atoms. The SMILES string of the molecule is CCOCCNC(=O)CCc1ccc(S(=O)(=O)N2CCCCC2)cc1. The molecule has 1 aromatic rings. The number of carbonyl (C=O) groups excluding carboxylic acids is 1. The van der Waals surface area contributed by atoms with Gasteiger partial charge in [0.05, 0.1) is 11.5 Å². The third-order valence-corrected chi connectivity index (χ3v) is 6.20. The molecule has 0 bridgehead atoms. The zero-order valence-corrected chi connectivity index (χ0v) is 15.7. The molecule has 1 aromatic carbocycles. The molecule has 1 aliphatic rings. The minimum absolute atomic E-state index is 0.0234. The molecule has 0 saturated carbocycles. The minimum Gasteiger partial charge on any atom is -0.380 e. The van der Waals surface area contributed by atoms with Crippen molar-refractivity contribution in [3.05, 3.63) is 29.8 Å². The Hall–Kier alpha value is -1.44. The number of rotatable bonds is 9. The summed E-state index contributed by atoms with van der Waals surface area (Å²) in [6, 6.07) is 6.88. The van der Waals surface area contributed by atoms with Crippen molar-refractivity contribution in [3.63, 3.8) is 0 Å². The number of nitrogens with zero attached hydrogens (tertiary/aromatic N) is 1. The van der Waals surface area contributed by atoms with Gasteiger partial charge in [0, 0.05) is 32.7 Å². The minimum atomic E-state index is -3.39. The van der Waals surface area contributed by atoms with E-state index in [9.17, 15) is 13.2 Å². The summed E-state index contributed by atoms with van der Waals surface area (Å²) in [6.45, 7) is 4.79. The number of benzene rings is 1. The average molecular weight is 368 g/mol. The molecule has 6 nitrogen and oxygen atoms in total. The summed E-state index contributed by atoms with van der Waals surface area (Å²) in [5.41, 5.74) is 0.956. The maximum atomic E-state index is 12.6. The van der Waals surface area contributed by atoms with Crippen molar-refractivity contribution < 1.29 is 17.9 Å². The topological polar surface area (TPSA) is 75.7 Å². The van der Waals surface area contributed by atoms with Crippen LogP contribution < -0.4 is 5.32 Å². The van der Waals surface area contributed by atoms with Gasteiger partial charge >= 0.3 is 0 Å². The Kier molecular flexibility index (Phi) is 7.87. The van der Waals surface area contributed by atoms with E-state index in [1.165, 1.54) is 0 Å². The summed E-state index contributed by atoms with van der Waals surface area (Å²) in [5, 5.41) is 2.80. The summed E-state index contributed by atoms with van der Waals surface area (Å²) < 4.78 is 31.9. The first kappa shape index (κ1) is 19.9. The second-order valence-electron chi connectivity index (χ2n) is 6.16. The molecular weight excluding hydrogens is 340 g/mol. The first-order valence-electron chi connectivity index (χ1n) is 8.97. The quantitative estimate of drug-likeness (QED) is 0.676. The highest BCUT2D eigenvalue weighted by Crippen LogP contribution is 2.21. The molecule has 1 fully saturated rings. The van der Waals surface area contributed by atoms with Crippen LogP contribution in [0.4, 0.5) is 0 Å². The first-order valence-corrected chi connectivity index (χ1v) is 10.4. The van der Waals surface area contributed by atoms with Crippen LogP contribution in [0.5, 0.6) is 0 Å². The number of piperidine rings is 1. The van der Waals surface area contributed by atoms with Gasteiger partial charge in [-0.3, -0.25) is 4.79 Å². The van der Waals surface area contributed by atoms with Gasteiger partial charge in [-0.15, -0.1) is 0 Å². The molecule has 0 radical (unpaired) electrons. The Morgan fingerprint density at radius 3 is 2.48 bits per heavy atom. The van der Waals surface area contributed by atoms with E-state index in [4.69, 9.17) is 4.74 Å². The standard InChI is InChI=1S/C18H28N2O4S/c1-2-24-15-12-19-18(21)11-8-16-6-9-17(10-7-16)25(22,23)20-13-4-3-5-14-20/h6-7,9-10H,2-5,8,11-15H2,1H3,(H,19,21). The summed E-state index contributed by atoms with van der Waals surface area (Å²) in [5.74, 6) is -0.0234. The Morgan fingerprint density at radius 2 is 1.84 bits per heavy atom. The highest BCUT2D eigenvalue weighted by atomic mass is 32.2. The van der Waals surface area contributed by atoms with E-state index in [2.05, 4.69) is 5.32 Å². The number of nitrogens with one attached hydrogen (secondary N) is 1. The number of amides is 1. The van der Waals surface area contributed by atoms with E-state index in [-0.39, 0.29) is 5.91 Å². The second kappa shape index (κ2) is 9.89. The molecule has 1 N–H and O–H groups in total. The highest BCUT2D eigenvalue weighted by molar-refractivity contribution is 7.89. The fourth-order valence-corrected chi connectivity index (χ4v) is 4.35. The van der Waals surface area contributed by atoms with E-state index in [0.717, 1.165) is 24.8 Å². The van der Waals surface area contributed by atoms with Crippen molar-refractivity contribution in [1.29, 1.82) is 0 Å². The normalized spacial score (nSPS) is 15.9. The lowest BCUT2D eigenvalue weighted by Gasteiger charge is -2.25. The van der Waals surface area contributed by atoms with Gasteiger partial charge in [-0.25, -0.2) is 8.42 Å². The summed E-state index contributed by atoms with van der Waals surface area (Å²) in [7, 11) is -3.39. The van der Waals surface area contributed by atoms with Crippen molar-refractivity contribution in [2.24, 2.45) is 0 Å². The fourth-order valence-electron chi connectivity index (χ4n) is 2.84. The molecular formula is C18H28N2O4S. The lowest BCUT2D eigenvalue weighted by Crippen LogP contribution is -2.35. The zero-order chi connectivity index (χ0) is 18.1. The van der Waals surface area contributed by atoms with Crippen molar-refractivity contribution >= 4 is 15.9 Å². The number of ether oxygens (including phenoxy) is 1. The molecule has 140 valence electrons. The molecule has 25 heavy (non-hydrogen) atoms.